The summed E-state index contributed by atoms with van der Waals surface area (Å²) >= 11 is 0. The van der Waals surface area contributed by atoms with E-state index in [2.05, 4.69) is 60.3 Å². The zero-order chi connectivity index (χ0) is 36.1. The molecule has 0 amide bonds. The highest BCUT2D eigenvalue weighted by atomic mass is 16.5. The summed E-state index contributed by atoms with van der Waals surface area (Å²) in [7, 11) is 0. The lowest BCUT2D eigenvalue weighted by Gasteiger charge is -2.23. The predicted octanol–water partition coefficient (Wildman–Crippen LogP) is 12.8. The molecule has 0 aliphatic rings. The Morgan fingerprint density at radius 1 is 0.620 bits per heavy atom. The van der Waals surface area contributed by atoms with Crippen LogP contribution in [0.5, 0.6) is 28.7 Å². The number of ether oxygens (including phenoxy) is 5. The second-order valence-electron chi connectivity index (χ2n) is 14.0. The molecule has 6 nitrogen and oxygen atoms in total. The van der Waals surface area contributed by atoms with Crippen LogP contribution in [0, 0.1) is 23.2 Å². The molecule has 276 valence electrons. The molecule has 0 fully saturated rings. The maximum absolute atomic E-state index is 10.5. The topological polar surface area (TPSA) is 69.9 Å². The Bertz CT molecular complexity index is 1490. The van der Waals surface area contributed by atoms with Crippen LogP contribution < -0.4 is 23.7 Å². The first-order valence-electron chi connectivity index (χ1n) is 19.7. The quantitative estimate of drug-likeness (QED) is 0.0451. The van der Waals surface area contributed by atoms with E-state index in [0.717, 1.165) is 72.9 Å². The van der Waals surface area contributed by atoms with E-state index in [-0.39, 0.29) is 0 Å². The summed E-state index contributed by atoms with van der Waals surface area (Å²) in [5.41, 5.74) is 0.574. The van der Waals surface area contributed by atoms with Crippen LogP contribution in [0.1, 0.15) is 137 Å². The summed E-state index contributed by atoms with van der Waals surface area (Å²) < 4.78 is 32.7. The summed E-state index contributed by atoms with van der Waals surface area (Å²) in [6.07, 6.45) is 17.2. The molecule has 50 heavy (non-hydrogen) atoms. The molecule has 2 atom stereocenters. The van der Waals surface area contributed by atoms with Gasteiger partial charge in [-0.25, -0.2) is 0 Å². The second kappa shape index (κ2) is 23.0. The van der Waals surface area contributed by atoms with Crippen molar-refractivity contribution >= 4 is 21.5 Å². The van der Waals surface area contributed by atoms with E-state index in [0.29, 0.717) is 79.2 Å². The molecule has 6 heteroatoms. The zero-order valence-electron chi connectivity index (χ0n) is 32.2. The van der Waals surface area contributed by atoms with Gasteiger partial charge in [-0.15, -0.1) is 6.58 Å². The third kappa shape index (κ3) is 12.3. The molecule has 3 rings (SSSR count). The number of unbranched alkanes of at least 4 members (excludes halogenated alkanes) is 9. The molecule has 0 aliphatic heterocycles. The number of benzene rings is 3. The molecule has 0 radical (unpaired) electrons. The van der Waals surface area contributed by atoms with Crippen molar-refractivity contribution < 1.29 is 23.7 Å². The fourth-order valence-electron chi connectivity index (χ4n) is 5.82. The van der Waals surface area contributed by atoms with Gasteiger partial charge in [-0.3, -0.25) is 0 Å². The molecule has 3 aromatic carbocycles. The normalized spacial score (nSPS) is 12.4. The van der Waals surface area contributed by atoms with Crippen LogP contribution in [0.3, 0.4) is 0 Å². The first-order chi connectivity index (χ1) is 24.4. The van der Waals surface area contributed by atoms with Crippen molar-refractivity contribution in [3.05, 3.63) is 42.5 Å². The van der Waals surface area contributed by atoms with Crippen LogP contribution in [0.2, 0.25) is 0 Å². The number of rotatable bonds is 27. The van der Waals surface area contributed by atoms with Crippen molar-refractivity contribution in [1.82, 2.24) is 0 Å². The fourth-order valence-corrected chi connectivity index (χ4v) is 5.82. The first-order valence-corrected chi connectivity index (χ1v) is 19.7. The first kappa shape index (κ1) is 40.8. The van der Waals surface area contributed by atoms with E-state index in [9.17, 15) is 5.26 Å². The maximum Gasteiger partial charge on any atom is 0.204 e. The molecule has 3 aromatic rings. The monoisotopic (exact) mass is 687 g/mol. The summed E-state index contributed by atoms with van der Waals surface area (Å²) in [6, 6.07) is 10.5. The van der Waals surface area contributed by atoms with Crippen LogP contribution in [-0.4, -0.2) is 33.0 Å². The molecule has 0 spiro atoms. The fraction of sp³-hybridized carbons (Fsp3) is 0.614. The number of fused-ring (bicyclic) bond motifs is 3. The van der Waals surface area contributed by atoms with Gasteiger partial charge in [0.2, 0.25) is 5.75 Å². The van der Waals surface area contributed by atoms with Crippen LogP contribution in [0.25, 0.3) is 21.5 Å². The van der Waals surface area contributed by atoms with E-state index in [1.807, 2.05) is 24.3 Å². The third-order valence-corrected chi connectivity index (χ3v) is 9.54. The number of nitrogens with zero attached hydrogens (tertiary/aromatic N) is 1. The van der Waals surface area contributed by atoms with E-state index >= 15 is 0 Å². The van der Waals surface area contributed by atoms with Crippen molar-refractivity contribution in [2.45, 2.75) is 131 Å². The van der Waals surface area contributed by atoms with E-state index in [1.165, 1.54) is 38.5 Å². The summed E-state index contributed by atoms with van der Waals surface area (Å²) in [6.45, 7) is 19.9. The Kier molecular flexibility index (Phi) is 18.8. The number of allylic oxidation sites excluding steroid dienone is 1. The van der Waals surface area contributed by atoms with E-state index < -0.39 is 0 Å². The summed E-state index contributed by atoms with van der Waals surface area (Å²) in [5.74, 6) is 4.02. The zero-order valence-corrected chi connectivity index (χ0v) is 32.2. The lowest BCUT2D eigenvalue weighted by Crippen LogP contribution is -2.13. The summed E-state index contributed by atoms with van der Waals surface area (Å²) in [5, 5.41) is 13.9. The third-order valence-electron chi connectivity index (χ3n) is 9.54. The highest BCUT2D eigenvalue weighted by Crippen LogP contribution is 2.49. The Morgan fingerprint density at radius 3 is 1.68 bits per heavy atom. The van der Waals surface area contributed by atoms with E-state index in [1.54, 1.807) is 0 Å². The number of nitriles is 1. The lowest BCUT2D eigenvalue weighted by molar-refractivity contribution is 0.206. The minimum absolute atomic E-state index is 0.346. The molecule has 0 bridgehead atoms. The molecular formula is C44H65NO5. The molecule has 0 heterocycles. The second-order valence-corrected chi connectivity index (χ2v) is 14.0. The minimum Gasteiger partial charge on any atom is -0.490 e. The van der Waals surface area contributed by atoms with Crippen molar-refractivity contribution in [1.29, 1.82) is 5.26 Å². The van der Waals surface area contributed by atoms with Crippen molar-refractivity contribution in [2.24, 2.45) is 11.8 Å². The van der Waals surface area contributed by atoms with Crippen molar-refractivity contribution in [3.63, 3.8) is 0 Å². The number of hydrogen-bond acceptors (Lipinski definition) is 6. The van der Waals surface area contributed by atoms with Gasteiger partial charge in [0, 0.05) is 10.8 Å². The Labute approximate surface area is 303 Å². The molecule has 0 aromatic heterocycles. The van der Waals surface area contributed by atoms with Gasteiger partial charge in [0.15, 0.2) is 23.0 Å². The molecule has 0 aliphatic carbocycles. The molecule has 0 saturated heterocycles. The van der Waals surface area contributed by atoms with Crippen molar-refractivity contribution in [3.8, 4) is 34.8 Å². The Hall–Kier alpha value is -3.59. The smallest absolute Gasteiger partial charge is 0.204 e. The molecule has 1 unspecified atom stereocenters. The lowest BCUT2D eigenvalue weighted by atomic mass is 9.95. The number of hydrogen-bond donors (Lipinski definition) is 0. The van der Waals surface area contributed by atoms with Gasteiger partial charge in [0.25, 0.3) is 0 Å². The van der Waals surface area contributed by atoms with Gasteiger partial charge in [0.05, 0.1) is 44.7 Å². The predicted molar refractivity (Wildman–Crippen MR) is 210 cm³/mol. The molecular weight excluding hydrogens is 622 g/mol. The minimum atomic E-state index is 0.346. The van der Waals surface area contributed by atoms with Crippen LogP contribution in [0.15, 0.2) is 36.9 Å². The van der Waals surface area contributed by atoms with Gasteiger partial charge in [-0.2, -0.15) is 5.26 Å². The molecule has 0 N–H and O–H groups in total. The Balaban J connectivity index is 2.24. The average Bonchev–Trinajstić information content (AvgIpc) is 3.13. The molecule has 0 saturated carbocycles. The van der Waals surface area contributed by atoms with Crippen LogP contribution in [-0.2, 0) is 0 Å². The maximum atomic E-state index is 10.5. The largest absolute Gasteiger partial charge is 0.490 e. The van der Waals surface area contributed by atoms with Crippen LogP contribution >= 0.6 is 0 Å². The highest BCUT2D eigenvalue weighted by molar-refractivity contribution is 6.15. The van der Waals surface area contributed by atoms with Gasteiger partial charge >= 0.3 is 0 Å². The van der Waals surface area contributed by atoms with Crippen LogP contribution in [0.4, 0.5) is 0 Å². The average molecular weight is 688 g/mol. The Morgan fingerprint density at radius 2 is 1.14 bits per heavy atom. The standard InChI is InChI=1S/C44H65NO5/c1-8-13-16-18-21-24-46-39-28-37-36(30-45)26-35-27-41(48-23-20-15-10-3)43(49-31-33(6)11-4)44(50-32-34(7)12-5)42(35)38(37)29-40(39)47-25-22-19-17-14-9-2/h10,26-29,33-34H,3,8-9,11-25,31-32H2,1-2,4-7H3/t33?,34-/m0/s1. The summed E-state index contributed by atoms with van der Waals surface area (Å²) in [4.78, 5) is 0. The van der Waals surface area contributed by atoms with Gasteiger partial charge in [-0.05, 0) is 72.6 Å². The van der Waals surface area contributed by atoms with Crippen molar-refractivity contribution in [2.75, 3.05) is 33.0 Å². The van der Waals surface area contributed by atoms with Gasteiger partial charge < -0.3 is 23.7 Å². The highest BCUT2D eigenvalue weighted by Gasteiger charge is 2.24. The van der Waals surface area contributed by atoms with E-state index in [4.69, 9.17) is 23.7 Å². The van der Waals surface area contributed by atoms with Gasteiger partial charge in [0.1, 0.15) is 0 Å². The van der Waals surface area contributed by atoms with Gasteiger partial charge in [-0.1, -0.05) is 112 Å². The SMILES string of the molecule is C=CCCCOc1cc2cc(C#N)c3cc(OCCCCCCC)c(OCCCCCCC)cc3c2c(OC[C@@H](C)CC)c1OCC(C)CC.